The van der Waals surface area contributed by atoms with Gasteiger partial charge in [-0.05, 0) is 39.7 Å². The molecule has 0 spiro atoms. The topological polar surface area (TPSA) is 66.8 Å². The number of aromatic amines is 1. The van der Waals surface area contributed by atoms with E-state index >= 15 is 0 Å². The van der Waals surface area contributed by atoms with Gasteiger partial charge < -0.3 is 4.90 Å². The molecule has 0 radical (unpaired) electrons. The zero-order chi connectivity index (χ0) is 16.6. The number of nitrogens with zero attached hydrogens (tertiary/aromatic N) is 4. The van der Waals surface area contributed by atoms with Gasteiger partial charge >= 0.3 is 0 Å². The second-order valence-electron chi connectivity index (χ2n) is 6.60. The van der Waals surface area contributed by atoms with Gasteiger partial charge in [-0.15, -0.1) is 0 Å². The van der Waals surface area contributed by atoms with Gasteiger partial charge in [0, 0.05) is 43.0 Å². The predicted octanol–water partition coefficient (Wildman–Crippen LogP) is 2.02. The van der Waals surface area contributed by atoms with E-state index in [-0.39, 0.29) is 5.91 Å². The van der Waals surface area contributed by atoms with Crippen molar-refractivity contribution >= 4 is 5.91 Å². The maximum Gasteiger partial charge on any atom is 0.227 e. The van der Waals surface area contributed by atoms with Crippen molar-refractivity contribution in [3.63, 3.8) is 0 Å². The molecular formula is C17H25N5O. The number of H-pyrrole nitrogens is 1. The van der Waals surface area contributed by atoms with Crippen LogP contribution in [0, 0.1) is 20.8 Å². The van der Waals surface area contributed by atoms with E-state index in [0.29, 0.717) is 12.3 Å². The van der Waals surface area contributed by atoms with Gasteiger partial charge in [-0.3, -0.25) is 14.6 Å². The SMILES string of the molecule is Cc1cc([C@@H]2CCCN(C(=O)Cc3c(C)nn(C)c3C)C2)n[nH]1. The zero-order valence-corrected chi connectivity index (χ0v) is 14.4. The second-order valence-corrected chi connectivity index (χ2v) is 6.60. The van der Waals surface area contributed by atoms with E-state index < -0.39 is 0 Å². The lowest BCUT2D eigenvalue weighted by Crippen LogP contribution is -2.40. The van der Waals surface area contributed by atoms with E-state index in [2.05, 4.69) is 21.4 Å². The Balaban J connectivity index is 1.70. The van der Waals surface area contributed by atoms with Gasteiger partial charge in [0.05, 0.1) is 17.8 Å². The lowest BCUT2D eigenvalue weighted by atomic mass is 9.94. The molecule has 1 saturated heterocycles. The van der Waals surface area contributed by atoms with E-state index in [1.807, 2.05) is 37.4 Å². The number of aromatic nitrogens is 4. The highest BCUT2D eigenvalue weighted by Crippen LogP contribution is 2.26. The van der Waals surface area contributed by atoms with Gasteiger partial charge in [0.1, 0.15) is 0 Å². The first-order chi connectivity index (χ1) is 11.0. The number of rotatable bonds is 3. The molecule has 1 aliphatic heterocycles. The molecule has 1 N–H and O–H groups in total. The number of hydrogen-bond donors (Lipinski definition) is 1. The van der Waals surface area contributed by atoms with Crippen molar-refractivity contribution in [3.05, 3.63) is 34.4 Å². The third-order valence-corrected chi connectivity index (χ3v) is 4.90. The fraction of sp³-hybridized carbons (Fsp3) is 0.588. The highest BCUT2D eigenvalue weighted by molar-refractivity contribution is 5.79. The first kappa shape index (κ1) is 15.8. The van der Waals surface area contributed by atoms with Crippen molar-refractivity contribution in [2.24, 2.45) is 7.05 Å². The van der Waals surface area contributed by atoms with E-state index in [9.17, 15) is 4.79 Å². The Morgan fingerprint density at radius 1 is 1.39 bits per heavy atom. The summed E-state index contributed by atoms with van der Waals surface area (Å²) >= 11 is 0. The van der Waals surface area contributed by atoms with Gasteiger partial charge in [0.2, 0.25) is 5.91 Å². The summed E-state index contributed by atoms with van der Waals surface area (Å²) in [4.78, 5) is 14.7. The molecule has 124 valence electrons. The third kappa shape index (κ3) is 3.16. The van der Waals surface area contributed by atoms with Crippen LogP contribution in [0.2, 0.25) is 0 Å². The molecule has 3 rings (SSSR count). The molecule has 2 aromatic rings. The lowest BCUT2D eigenvalue weighted by Gasteiger charge is -2.32. The van der Waals surface area contributed by atoms with Crippen LogP contribution in [0.15, 0.2) is 6.07 Å². The second kappa shape index (κ2) is 6.18. The number of hydrogen-bond acceptors (Lipinski definition) is 3. The summed E-state index contributed by atoms with van der Waals surface area (Å²) in [7, 11) is 1.92. The van der Waals surface area contributed by atoms with Crippen molar-refractivity contribution in [2.45, 2.75) is 46.0 Å². The number of piperidine rings is 1. The van der Waals surface area contributed by atoms with E-state index in [0.717, 1.165) is 54.3 Å². The van der Waals surface area contributed by atoms with Crippen LogP contribution in [-0.4, -0.2) is 43.9 Å². The fourth-order valence-electron chi connectivity index (χ4n) is 3.43. The van der Waals surface area contributed by atoms with Crippen LogP contribution < -0.4 is 0 Å². The van der Waals surface area contributed by atoms with Crippen molar-refractivity contribution < 1.29 is 4.79 Å². The summed E-state index contributed by atoms with van der Waals surface area (Å²) in [5, 5.41) is 11.8. The molecule has 1 atom stereocenters. The average Bonchev–Trinajstić information content (AvgIpc) is 3.06. The van der Waals surface area contributed by atoms with Crippen molar-refractivity contribution in [1.29, 1.82) is 0 Å². The Hall–Kier alpha value is -2.11. The summed E-state index contributed by atoms with van der Waals surface area (Å²) < 4.78 is 1.85. The van der Waals surface area contributed by atoms with Crippen LogP contribution in [0.4, 0.5) is 0 Å². The van der Waals surface area contributed by atoms with Crippen LogP contribution in [-0.2, 0) is 18.3 Å². The molecular weight excluding hydrogens is 290 g/mol. The summed E-state index contributed by atoms with van der Waals surface area (Å²) in [5.74, 6) is 0.537. The summed E-state index contributed by atoms with van der Waals surface area (Å²) in [6.07, 6.45) is 2.57. The van der Waals surface area contributed by atoms with Crippen LogP contribution >= 0.6 is 0 Å². The minimum atomic E-state index is 0.196. The average molecular weight is 315 g/mol. The van der Waals surface area contributed by atoms with Gasteiger partial charge in [0.25, 0.3) is 0 Å². The Kier molecular flexibility index (Phi) is 4.24. The van der Waals surface area contributed by atoms with Gasteiger partial charge in [0.15, 0.2) is 0 Å². The Labute approximate surface area is 136 Å². The normalized spacial score (nSPS) is 18.4. The van der Waals surface area contributed by atoms with E-state index in [1.165, 1.54) is 0 Å². The molecule has 0 unspecified atom stereocenters. The van der Waals surface area contributed by atoms with Gasteiger partial charge in [-0.2, -0.15) is 10.2 Å². The maximum absolute atomic E-state index is 12.7. The molecule has 1 amide bonds. The molecule has 6 heteroatoms. The molecule has 0 bridgehead atoms. The Morgan fingerprint density at radius 2 is 2.17 bits per heavy atom. The first-order valence-corrected chi connectivity index (χ1v) is 8.24. The standard InChI is InChI=1S/C17H25N5O/c1-11-8-16(19-18-11)14-6-5-7-22(10-14)17(23)9-15-12(2)20-21(4)13(15)3/h8,14H,5-7,9-10H2,1-4H3,(H,18,19)/t14-/m1/s1. The number of nitrogens with one attached hydrogen (secondary N) is 1. The summed E-state index contributed by atoms with van der Waals surface area (Å²) in [5.41, 5.74) is 5.25. The smallest absolute Gasteiger partial charge is 0.227 e. The molecule has 0 aromatic carbocycles. The lowest BCUT2D eigenvalue weighted by molar-refractivity contribution is -0.131. The largest absolute Gasteiger partial charge is 0.342 e. The number of carbonyl (C=O) groups is 1. The minimum absolute atomic E-state index is 0.196. The van der Waals surface area contributed by atoms with Crippen molar-refractivity contribution in [3.8, 4) is 0 Å². The highest BCUT2D eigenvalue weighted by Gasteiger charge is 2.27. The number of aryl methyl sites for hydroxylation is 3. The van der Waals surface area contributed by atoms with Gasteiger partial charge in [-0.1, -0.05) is 0 Å². The molecule has 23 heavy (non-hydrogen) atoms. The molecule has 0 saturated carbocycles. The highest BCUT2D eigenvalue weighted by atomic mass is 16.2. The van der Waals surface area contributed by atoms with Crippen molar-refractivity contribution in [2.75, 3.05) is 13.1 Å². The molecule has 3 heterocycles. The zero-order valence-electron chi connectivity index (χ0n) is 14.4. The predicted molar refractivity (Wildman–Crippen MR) is 88.3 cm³/mol. The van der Waals surface area contributed by atoms with E-state index in [4.69, 9.17) is 0 Å². The molecule has 0 aliphatic carbocycles. The Morgan fingerprint density at radius 3 is 2.78 bits per heavy atom. The minimum Gasteiger partial charge on any atom is -0.342 e. The van der Waals surface area contributed by atoms with E-state index in [1.54, 1.807) is 0 Å². The van der Waals surface area contributed by atoms with Crippen molar-refractivity contribution in [1.82, 2.24) is 24.9 Å². The summed E-state index contributed by atoms with van der Waals surface area (Å²) in [6.45, 7) is 7.62. The Bertz CT molecular complexity index is 715. The first-order valence-electron chi connectivity index (χ1n) is 8.24. The van der Waals surface area contributed by atoms with Crippen LogP contribution in [0.25, 0.3) is 0 Å². The molecule has 6 nitrogen and oxygen atoms in total. The van der Waals surface area contributed by atoms with Crippen LogP contribution in [0.5, 0.6) is 0 Å². The number of carbonyl (C=O) groups excluding carboxylic acids is 1. The number of likely N-dealkylation sites (tertiary alicyclic amines) is 1. The van der Waals surface area contributed by atoms with Crippen LogP contribution in [0.1, 0.15) is 47.1 Å². The molecule has 1 aliphatic rings. The monoisotopic (exact) mass is 315 g/mol. The summed E-state index contributed by atoms with van der Waals surface area (Å²) in [6, 6.07) is 2.09. The number of amides is 1. The molecule has 2 aromatic heterocycles. The quantitative estimate of drug-likeness (QED) is 0.942. The maximum atomic E-state index is 12.7. The fourth-order valence-corrected chi connectivity index (χ4v) is 3.43. The molecule has 1 fully saturated rings. The third-order valence-electron chi connectivity index (χ3n) is 4.90. The van der Waals surface area contributed by atoms with Crippen LogP contribution in [0.3, 0.4) is 0 Å². The van der Waals surface area contributed by atoms with Gasteiger partial charge in [-0.25, -0.2) is 0 Å².